The lowest BCUT2D eigenvalue weighted by Gasteiger charge is -2.41. The second kappa shape index (κ2) is 18.3. The van der Waals surface area contributed by atoms with E-state index in [1.165, 1.54) is 186 Å². The van der Waals surface area contributed by atoms with E-state index in [0.29, 0.717) is 0 Å². The number of hydrogen-bond acceptors (Lipinski definition) is 1. The second-order valence-electron chi connectivity index (χ2n) is 12.4. The van der Waals surface area contributed by atoms with Crippen molar-refractivity contribution in [2.75, 3.05) is 6.54 Å². The molecule has 0 aromatic carbocycles. The summed E-state index contributed by atoms with van der Waals surface area (Å²) in [4.78, 5) is 3.20. The van der Waals surface area contributed by atoms with Crippen LogP contribution in [-0.2, 0) is 0 Å². The third-order valence-electron chi connectivity index (χ3n) is 9.53. The zero-order chi connectivity index (χ0) is 22.8. The summed E-state index contributed by atoms with van der Waals surface area (Å²) in [6, 6.07) is 1.79. The molecule has 0 aromatic heterocycles. The summed E-state index contributed by atoms with van der Waals surface area (Å²) < 4.78 is 0. The number of rotatable bonds is 4. The van der Waals surface area contributed by atoms with Gasteiger partial charge >= 0.3 is 0 Å². The molecule has 194 valence electrons. The van der Waals surface area contributed by atoms with Crippen LogP contribution in [-0.4, -0.2) is 23.5 Å². The molecule has 0 radical (unpaired) electrons. The molecule has 1 nitrogen and oxygen atoms in total. The third-order valence-corrected chi connectivity index (χ3v) is 9.53. The van der Waals surface area contributed by atoms with Crippen LogP contribution < -0.4 is 0 Å². The van der Waals surface area contributed by atoms with E-state index in [-0.39, 0.29) is 0 Å². The molecule has 0 saturated heterocycles. The Morgan fingerprint density at radius 3 is 0.848 bits per heavy atom. The van der Waals surface area contributed by atoms with Crippen molar-refractivity contribution in [3.63, 3.8) is 0 Å². The van der Waals surface area contributed by atoms with Crippen molar-refractivity contribution < 1.29 is 0 Å². The molecule has 3 fully saturated rings. The SMILES string of the molecule is C1CCCCCC(CN(C2CCCCCCCCC2)C2CCCCCCCCC2)CCCC1. The van der Waals surface area contributed by atoms with Gasteiger partial charge in [-0.1, -0.05) is 141 Å². The Morgan fingerprint density at radius 2 is 0.545 bits per heavy atom. The predicted molar refractivity (Wildman–Crippen MR) is 147 cm³/mol. The first-order valence-electron chi connectivity index (χ1n) is 16.2. The van der Waals surface area contributed by atoms with Crippen molar-refractivity contribution >= 4 is 0 Å². The third kappa shape index (κ3) is 12.0. The van der Waals surface area contributed by atoms with Gasteiger partial charge in [-0.15, -0.1) is 0 Å². The van der Waals surface area contributed by atoms with Crippen LogP contribution in [0.3, 0.4) is 0 Å². The second-order valence-corrected chi connectivity index (χ2v) is 12.4. The lowest BCUT2D eigenvalue weighted by Crippen LogP contribution is -2.46. The van der Waals surface area contributed by atoms with Crippen LogP contribution in [0.5, 0.6) is 0 Å². The fraction of sp³-hybridized carbons (Fsp3) is 1.00. The maximum absolute atomic E-state index is 3.20. The summed E-state index contributed by atoms with van der Waals surface area (Å²) in [5, 5.41) is 0. The van der Waals surface area contributed by atoms with E-state index in [4.69, 9.17) is 0 Å². The molecule has 0 bridgehead atoms. The van der Waals surface area contributed by atoms with E-state index in [2.05, 4.69) is 4.90 Å². The van der Waals surface area contributed by atoms with Crippen LogP contribution in [0.2, 0.25) is 0 Å². The lowest BCUT2D eigenvalue weighted by molar-refractivity contribution is 0.0735. The predicted octanol–water partition coefficient (Wildman–Crippen LogP) is 10.6. The van der Waals surface area contributed by atoms with Gasteiger partial charge in [0.15, 0.2) is 0 Å². The molecule has 0 heterocycles. The average Bonchev–Trinajstić information content (AvgIpc) is 2.90. The highest BCUT2D eigenvalue weighted by Crippen LogP contribution is 2.31. The van der Waals surface area contributed by atoms with E-state index >= 15 is 0 Å². The van der Waals surface area contributed by atoms with Gasteiger partial charge in [0.2, 0.25) is 0 Å². The van der Waals surface area contributed by atoms with Gasteiger partial charge < -0.3 is 0 Å². The molecule has 0 N–H and O–H groups in total. The molecular formula is C32H61N. The van der Waals surface area contributed by atoms with Crippen molar-refractivity contribution in [1.82, 2.24) is 4.90 Å². The van der Waals surface area contributed by atoms with Crippen molar-refractivity contribution in [2.45, 2.75) is 192 Å². The Hall–Kier alpha value is -0.0400. The van der Waals surface area contributed by atoms with Crippen LogP contribution >= 0.6 is 0 Å². The molecular weight excluding hydrogens is 398 g/mol. The molecule has 0 amide bonds. The molecule has 3 aliphatic carbocycles. The first-order chi connectivity index (χ1) is 16.4. The van der Waals surface area contributed by atoms with Crippen molar-refractivity contribution in [1.29, 1.82) is 0 Å². The zero-order valence-electron chi connectivity index (χ0n) is 22.7. The van der Waals surface area contributed by atoms with E-state index in [0.717, 1.165) is 18.0 Å². The van der Waals surface area contributed by atoms with Crippen LogP contribution in [0.1, 0.15) is 180 Å². The first kappa shape index (κ1) is 27.5. The van der Waals surface area contributed by atoms with Gasteiger partial charge in [0.05, 0.1) is 0 Å². The molecule has 0 unspecified atom stereocenters. The highest BCUT2D eigenvalue weighted by atomic mass is 15.2. The fourth-order valence-electron chi connectivity index (χ4n) is 7.39. The lowest BCUT2D eigenvalue weighted by atomic mass is 9.88. The minimum absolute atomic E-state index is 0.897. The Kier molecular flexibility index (Phi) is 15.2. The quantitative estimate of drug-likeness (QED) is 0.404. The van der Waals surface area contributed by atoms with Gasteiger partial charge in [-0.2, -0.15) is 0 Å². The summed E-state index contributed by atoms with van der Waals surface area (Å²) in [5.41, 5.74) is 0. The van der Waals surface area contributed by atoms with Crippen LogP contribution in [0.4, 0.5) is 0 Å². The molecule has 1 heteroatoms. The monoisotopic (exact) mass is 459 g/mol. The van der Waals surface area contributed by atoms with E-state index in [9.17, 15) is 0 Å². The molecule has 0 spiro atoms. The highest BCUT2D eigenvalue weighted by Gasteiger charge is 2.28. The van der Waals surface area contributed by atoms with E-state index < -0.39 is 0 Å². The maximum Gasteiger partial charge on any atom is 0.00983 e. The van der Waals surface area contributed by atoms with Crippen molar-refractivity contribution in [2.24, 2.45) is 5.92 Å². The van der Waals surface area contributed by atoms with E-state index in [1.807, 2.05) is 0 Å². The van der Waals surface area contributed by atoms with Crippen LogP contribution in [0, 0.1) is 5.92 Å². The van der Waals surface area contributed by atoms with Gasteiger partial charge in [-0.25, -0.2) is 0 Å². The first-order valence-corrected chi connectivity index (χ1v) is 16.2. The largest absolute Gasteiger partial charge is 0.297 e. The molecule has 33 heavy (non-hydrogen) atoms. The van der Waals surface area contributed by atoms with Gasteiger partial charge in [-0.05, 0) is 44.4 Å². The summed E-state index contributed by atoms with van der Waals surface area (Å²) in [5.74, 6) is 0.980. The van der Waals surface area contributed by atoms with Gasteiger partial charge in [0.25, 0.3) is 0 Å². The molecule has 3 aliphatic rings. The van der Waals surface area contributed by atoms with E-state index in [1.54, 1.807) is 0 Å². The average molecular weight is 460 g/mol. The Balaban J connectivity index is 1.69. The minimum atomic E-state index is 0.897. The van der Waals surface area contributed by atoms with Crippen LogP contribution in [0.15, 0.2) is 0 Å². The maximum atomic E-state index is 3.20. The minimum Gasteiger partial charge on any atom is -0.297 e. The summed E-state index contributed by atoms with van der Waals surface area (Å²) in [6.45, 7) is 1.45. The zero-order valence-corrected chi connectivity index (χ0v) is 22.7. The normalized spacial score (nSPS) is 26.5. The summed E-state index contributed by atoms with van der Waals surface area (Å²) in [7, 11) is 0. The standard InChI is InChI=1S/C32H61N/c1-2-6-12-18-24-30(23-17-11-5-1)29-33(31-25-19-13-7-3-8-14-20-26-31)32-27-21-15-9-4-10-16-22-28-32/h30-32H,1-29H2. The summed E-state index contributed by atoms with van der Waals surface area (Å²) in [6.07, 6.45) is 42.1. The molecule has 0 aliphatic heterocycles. The van der Waals surface area contributed by atoms with Gasteiger partial charge in [0.1, 0.15) is 0 Å². The topological polar surface area (TPSA) is 3.24 Å². The summed E-state index contributed by atoms with van der Waals surface area (Å²) >= 11 is 0. The molecule has 0 atom stereocenters. The number of hydrogen-bond donors (Lipinski definition) is 0. The Labute approximate surface area is 209 Å². The molecule has 0 aromatic rings. The Bertz CT molecular complexity index is 388. The Morgan fingerprint density at radius 1 is 0.303 bits per heavy atom. The van der Waals surface area contributed by atoms with Crippen molar-refractivity contribution in [3.8, 4) is 0 Å². The van der Waals surface area contributed by atoms with Crippen LogP contribution in [0.25, 0.3) is 0 Å². The smallest absolute Gasteiger partial charge is 0.00983 e. The molecule has 3 saturated carbocycles. The molecule has 3 rings (SSSR count). The van der Waals surface area contributed by atoms with Crippen molar-refractivity contribution in [3.05, 3.63) is 0 Å². The highest BCUT2D eigenvalue weighted by molar-refractivity contribution is 4.83. The van der Waals surface area contributed by atoms with Gasteiger partial charge in [-0.3, -0.25) is 4.90 Å². The number of nitrogens with zero attached hydrogens (tertiary/aromatic N) is 1. The van der Waals surface area contributed by atoms with Gasteiger partial charge in [0, 0.05) is 18.6 Å². The fourth-order valence-corrected chi connectivity index (χ4v) is 7.39.